The number of hydrogen-bond acceptors (Lipinski definition) is 2. The topological polar surface area (TPSA) is 29.5 Å². The predicted molar refractivity (Wildman–Crippen MR) is 57.1 cm³/mol. The van der Waals surface area contributed by atoms with E-state index in [1.807, 2.05) is 13.8 Å². The molecule has 0 saturated heterocycles. The molecule has 0 aromatic heterocycles. The molecule has 15 heavy (non-hydrogen) atoms. The van der Waals surface area contributed by atoms with Gasteiger partial charge in [0.25, 0.3) is 0 Å². The number of benzene rings is 1. The highest BCUT2D eigenvalue weighted by Crippen LogP contribution is 2.25. The van der Waals surface area contributed by atoms with Crippen molar-refractivity contribution in [2.45, 2.75) is 20.0 Å². The van der Waals surface area contributed by atoms with E-state index >= 15 is 0 Å². The van der Waals surface area contributed by atoms with Gasteiger partial charge in [0, 0.05) is 13.0 Å². The van der Waals surface area contributed by atoms with Gasteiger partial charge in [-0.1, -0.05) is 13.0 Å². The van der Waals surface area contributed by atoms with Crippen LogP contribution >= 0.6 is 0 Å². The molecule has 1 aromatic rings. The maximum Gasteiger partial charge on any atom is 0.123 e. The fraction of sp³-hybridized carbons (Fsp3) is 0.500. The van der Waals surface area contributed by atoms with Crippen LogP contribution in [0.3, 0.4) is 0 Å². The molecule has 3 heteroatoms. The van der Waals surface area contributed by atoms with Gasteiger partial charge in [0.1, 0.15) is 5.82 Å². The van der Waals surface area contributed by atoms with Crippen LogP contribution in [0.4, 0.5) is 4.39 Å². The Morgan fingerprint density at radius 2 is 2.13 bits per heavy atom. The van der Waals surface area contributed by atoms with E-state index in [0.717, 1.165) is 5.56 Å². The van der Waals surface area contributed by atoms with Gasteiger partial charge in [-0.2, -0.15) is 0 Å². The Morgan fingerprint density at radius 1 is 1.47 bits per heavy atom. The minimum absolute atomic E-state index is 0.0458. The van der Waals surface area contributed by atoms with Crippen molar-refractivity contribution in [2.24, 2.45) is 5.92 Å². The lowest BCUT2D eigenvalue weighted by Crippen LogP contribution is -2.15. The number of aliphatic hydroxyl groups is 1. The van der Waals surface area contributed by atoms with Crippen molar-refractivity contribution < 1.29 is 14.2 Å². The maximum atomic E-state index is 13.0. The van der Waals surface area contributed by atoms with Crippen molar-refractivity contribution in [3.8, 4) is 0 Å². The van der Waals surface area contributed by atoms with E-state index in [9.17, 15) is 9.50 Å². The third kappa shape index (κ3) is 3.01. The smallest absolute Gasteiger partial charge is 0.123 e. The van der Waals surface area contributed by atoms with Gasteiger partial charge in [-0.05, 0) is 30.2 Å². The van der Waals surface area contributed by atoms with Crippen LogP contribution in [0.1, 0.15) is 24.2 Å². The molecule has 0 saturated carbocycles. The molecule has 1 N–H and O–H groups in total. The molecule has 0 radical (unpaired) electrons. The van der Waals surface area contributed by atoms with Crippen LogP contribution in [-0.4, -0.2) is 18.8 Å². The van der Waals surface area contributed by atoms with Crippen LogP contribution in [0, 0.1) is 18.7 Å². The predicted octanol–water partition coefficient (Wildman–Crippen LogP) is 2.45. The highest BCUT2D eigenvalue weighted by atomic mass is 19.1. The molecule has 0 fully saturated rings. The molecule has 2 nitrogen and oxygen atoms in total. The molecule has 0 heterocycles. The van der Waals surface area contributed by atoms with Crippen molar-refractivity contribution in [2.75, 3.05) is 13.7 Å². The van der Waals surface area contributed by atoms with E-state index in [2.05, 4.69) is 0 Å². The average Bonchev–Trinajstić information content (AvgIpc) is 2.21. The van der Waals surface area contributed by atoms with Crippen molar-refractivity contribution >= 4 is 0 Å². The fourth-order valence-electron chi connectivity index (χ4n) is 1.59. The number of aryl methyl sites for hydroxylation is 1. The number of methoxy groups -OCH3 is 1. The highest BCUT2D eigenvalue weighted by molar-refractivity contribution is 5.28. The summed E-state index contributed by atoms with van der Waals surface area (Å²) in [4.78, 5) is 0. The molecule has 2 unspecified atom stereocenters. The van der Waals surface area contributed by atoms with Gasteiger partial charge in [-0.3, -0.25) is 0 Å². The number of aliphatic hydroxyl groups excluding tert-OH is 1. The van der Waals surface area contributed by atoms with Crippen LogP contribution in [0.15, 0.2) is 18.2 Å². The van der Waals surface area contributed by atoms with Crippen LogP contribution in [0.2, 0.25) is 0 Å². The molecule has 0 aliphatic carbocycles. The van der Waals surface area contributed by atoms with Gasteiger partial charge < -0.3 is 9.84 Å². The molecule has 0 bridgehead atoms. The first kappa shape index (κ1) is 12.1. The minimum Gasteiger partial charge on any atom is -0.388 e. The molecule has 0 amide bonds. The summed E-state index contributed by atoms with van der Waals surface area (Å²) in [5.74, 6) is -0.366. The van der Waals surface area contributed by atoms with E-state index in [1.165, 1.54) is 12.1 Å². The van der Waals surface area contributed by atoms with E-state index in [1.54, 1.807) is 13.2 Å². The van der Waals surface area contributed by atoms with Crippen molar-refractivity contribution in [1.29, 1.82) is 0 Å². The van der Waals surface area contributed by atoms with Crippen molar-refractivity contribution in [3.05, 3.63) is 35.1 Å². The lowest BCUT2D eigenvalue weighted by Gasteiger charge is -2.20. The average molecular weight is 212 g/mol. The van der Waals surface area contributed by atoms with E-state index in [0.29, 0.717) is 12.2 Å². The van der Waals surface area contributed by atoms with Crippen LogP contribution < -0.4 is 0 Å². The molecule has 0 spiro atoms. The first-order chi connectivity index (χ1) is 7.06. The quantitative estimate of drug-likeness (QED) is 0.830. The lowest BCUT2D eigenvalue weighted by atomic mass is 9.94. The molecule has 1 aromatic carbocycles. The molecule has 2 atom stereocenters. The third-order valence-corrected chi connectivity index (χ3v) is 2.53. The first-order valence-corrected chi connectivity index (χ1v) is 4.99. The Balaban J connectivity index is 2.89. The second kappa shape index (κ2) is 5.24. The summed E-state index contributed by atoms with van der Waals surface area (Å²) in [6.45, 7) is 4.19. The van der Waals surface area contributed by atoms with Gasteiger partial charge in [-0.15, -0.1) is 0 Å². The number of rotatable bonds is 4. The van der Waals surface area contributed by atoms with Gasteiger partial charge in [0.2, 0.25) is 0 Å². The normalized spacial score (nSPS) is 15.0. The van der Waals surface area contributed by atoms with Crippen molar-refractivity contribution in [3.63, 3.8) is 0 Å². The Hall–Kier alpha value is -0.930. The SMILES string of the molecule is COCC(C)C(O)c1cc(F)ccc1C. The summed E-state index contributed by atoms with van der Waals surface area (Å²) in [6.07, 6.45) is -0.680. The second-order valence-electron chi connectivity index (χ2n) is 3.88. The fourth-order valence-corrected chi connectivity index (χ4v) is 1.59. The summed E-state index contributed by atoms with van der Waals surface area (Å²) in [6, 6.07) is 4.45. The molecular formula is C12H17FO2. The molecule has 1 rings (SSSR count). The summed E-state index contributed by atoms with van der Waals surface area (Å²) >= 11 is 0. The number of ether oxygens (including phenoxy) is 1. The van der Waals surface area contributed by atoms with Gasteiger partial charge in [0.15, 0.2) is 0 Å². The summed E-state index contributed by atoms with van der Waals surface area (Å²) < 4.78 is 18.0. The lowest BCUT2D eigenvalue weighted by molar-refractivity contribution is 0.0561. The van der Waals surface area contributed by atoms with Crippen LogP contribution in [0.25, 0.3) is 0 Å². The molecule has 84 valence electrons. The van der Waals surface area contributed by atoms with Crippen LogP contribution in [0.5, 0.6) is 0 Å². The third-order valence-electron chi connectivity index (χ3n) is 2.53. The summed E-state index contributed by atoms with van der Waals surface area (Å²) in [7, 11) is 1.58. The van der Waals surface area contributed by atoms with E-state index < -0.39 is 6.10 Å². The van der Waals surface area contributed by atoms with E-state index in [-0.39, 0.29) is 11.7 Å². The summed E-state index contributed by atoms with van der Waals surface area (Å²) in [5.41, 5.74) is 1.53. The van der Waals surface area contributed by atoms with Gasteiger partial charge >= 0.3 is 0 Å². The Labute approximate surface area is 89.7 Å². The Morgan fingerprint density at radius 3 is 2.73 bits per heavy atom. The van der Waals surface area contributed by atoms with Crippen molar-refractivity contribution in [1.82, 2.24) is 0 Å². The minimum atomic E-state index is -0.680. The zero-order chi connectivity index (χ0) is 11.4. The zero-order valence-electron chi connectivity index (χ0n) is 9.33. The molecule has 0 aliphatic heterocycles. The first-order valence-electron chi connectivity index (χ1n) is 4.99. The second-order valence-corrected chi connectivity index (χ2v) is 3.88. The Kier molecular flexibility index (Phi) is 4.24. The standard InChI is InChI=1S/C12H17FO2/c1-8-4-5-10(13)6-11(8)12(14)9(2)7-15-3/h4-6,9,12,14H,7H2,1-3H3. The Bertz CT molecular complexity index is 325. The highest BCUT2D eigenvalue weighted by Gasteiger charge is 2.18. The largest absolute Gasteiger partial charge is 0.388 e. The molecule has 0 aliphatic rings. The van der Waals surface area contributed by atoms with Gasteiger partial charge in [0.05, 0.1) is 12.7 Å². The number of hydrogen-bond donors (Lipinski definition) is 1. The molecular weight excluding hydrogens is 195 g/mol. The maximum absolute atomic E-state index is 13.0. The van der Waals surface area contributed by atoms with E-state index in [4.69, 9.17) is 4.74 Å². The zero-order valence-corrected chi connectivity index (χ0v) is 9.33. The van der Waals surface area contributed by atoms with Crippen LogP contribution in [-0.2, 0) is 4.74 Å². The monoisotopic (exact) mass is 212 g/mol. The summed E-state index contributed by atoms with van der Waals surface area (Å²) in [5, 5.41) is 9.98. The number of halogens is 1. The van der Waals surface area contributed by atoms with Gasteiger partial charge in [-0.25, -0.2) is 4.39 Å².